The summed E-state index contributed by atoms with van der Waals surface area (Å²) in [6.45, 7) is 13.1. The lowest BCUT2D eigenvalue weighted by Crippen LogP contribution is -2.44. The van der Waals surface area contributed by atoms with E-state index in [4.69, 9.17) is 9.47 Å². The Morgan fingerprint density at radius 1 is 1.42 bits per heavy atom. The molecular formula is C19H30N2O3. The minimum Gasteiger partial charge on any atom is -0.443 e. The van der Waals surface area contributed by atoms with Gasteiger partial charge in [0.15, 0.2) is 0 Å². The zero-order valence-electron chi connectivity index (χ0n) is 15.8. The van der Waals surface area contributed by atoms with Crippen LogP contribution in [0, 0.1) is 12.8 Å². The van der Waals surface area contributed by atoms with Crippen molar-refractivity contribution in [2.24, 2.45) is 5.92 Å². The van der Waals surface area contributed by atoms with Crippen molar-refractivity contribution >= 4 is 11.9 Å². The number of aryl methyl sites for hydroxylation is 1. The number of carbonyl (C=O) groups is 1. The molecule has 0 aliphatic carbocycles. The highest BCUT2D eigenvalue weighted by Gasteiger charge is 2.33. The third kappa shape index (κ3) is 5.48. The van der Waals surface area contributed by atoms with Crippen LogP contribution in [0.2, 0.25) is 0 Å². The van der Waals surface area contributed by atoms with Crippen molar-refractivity contribution in [2.45, 2.75) is 65.6 Å². The van der Waals surface area contributed by atoms with E-state index in [0.29, 0.717) is 18.3 Å². The van der Waals surface area contributed by atoms with Gasteiger partial charge in [0.05, 0.1) is 5.60 Å². The predicted molar refractivity (Wildman–Crippen MR) is 95.3 cm³/mol. The Hall–Kier alpha value is -1.62. The number of hydrogen-bond acceptors (Lipinski definition) is 4. The molecule has 24 heavy (non-hydrogen) atoms. The topological polar surface area (TPSA) is 51.7 Å². The Kier molecular flexibility index (Phi) is 5.53. The van der Waals surface area contributed by atoms with Gasteiger partial charge in [-0.2, -0.15) is 0 Å². The standard InChI is InChI=1S/C19H30N2O3/c1-14-8-7-9-16(20-14)21(17(22)24-18(2,3)4)13-15-10-11-23-19(5,6)12-15/h7-9,15H,10-13H2,1-6H3. The van der Waals surface area contributed by atoms with Gasteiger partial charge in [0.2, 0.25) is 0 Å². The van der Waals surface area contributed by atoms with Gasteiger partial charge in [0.25, 0.3) is 0 Å². The molecule has 0 spiro atoms. The molecule has 1 aromatic rings. The number of amides is 1. The van der Waals surface area contributed by atoms with Gasteiger partial charge in [0.1, 0.15) is 11.4 Å². The molecule has 0 bridgehead atoms. The molecule has 2 heterocycles. The van der Waals surface area contributed by atoms with E-state index in [2.05, 4.69) is 18.8 Å². The van der Waals surface area contributed by atoms with E-state index in [0.717, 1.165) is 25.1 Å². The van der Waals surface area contributed by atoms with Crippen LogP contribution in [0.25, 0.3) is 0 Å². The minimum absolute atomic E-state index is 0.150. The van der Waals surface area contributed by atoms with Gasteiger partial charge in [-0.15, -0.1) is 0 Å². The van der Waals surface area contributed by atoms with Crippen LogP contribution in [0.3, 0.4) is 0 Å². The van der Waals surface area contributed by atoms with E-state index in [9.17, 15) is 4.79 Å². The summed E-state index contributed by atoms with van der Waals surface area (Å²) in [5, 5.41) is 0. The fourth-order valence-electron chi connectivity index (χ4n) is 3.03. The van der Waals surface area contributed by atoms with Crippen molar-refractivity contribution in [3.8, 4) is 0 Å². The molecular weight excluding hydrogens is 304 g/mol. The number of aromatic nitrogens is 1. The Labute approximate surface area is 145 Å². The van der Waals surface area contributed by atoms with Gasteiger partial charge in [-0.25, -0.2) is 9.78 Å². The maximum Gasteiger partial charge on any atom is 0.416 e. The highest BCUT2D eigenvalue weighted by molar-refractivity contribution is 5.86. The summed E-state index contributed by atoms with van der Waals surface area (Å²) in [5.74, 6) is 1.01. The molecule has 1 amide bonds. The van der Waals surface area contributed by atoms with Crippen LogP contribution in [0.15, 0.2) is 18.2 Å². The van der Waals surface area contributed by atoms with Crippen LogP contribution in [0.4, 0.5) is 10.6 Å². The number of carbonyl (C=O) groups excluding carboxylic acids is 1. The van der Waals surface area contributed by atoms with Gasteiger partial charge in [-0.3, -0.25) is 4.90 Å². The van der Waals surface area contributed by atoms with Gasteiger partial charge in [-0.05, 0) is 72.4 Å². The smallest absolute Gasteiger partial charge is 0.416 e. The molecule has 1 aromatic heterocycles. The number of nitrogens with zero attached hydrogens (tertiary/aromatic N) is 2. The molecule has 1 unspecified atom stereocenters. The zero-order valence-corrected chi connectivity index (χ0v) is 15.8. The van der Waals surface area contributed by atoms with Gasteiger partial charge in [-0.1, -0.05) is 6.07 Å². The molecule has 0 N–H and O–H groups in total. The summed E-state index contributed by atoms with van der Waals surface area (Å²) in [5.41, 5.74) is 0.199. The monoisotopic (exact) mass is 334 g/mol. The number of pyridine rings is 1. The van der Waals surface area contributed by atoms with Crippen molar-refractivity contribution in [1.82, 2.24) is 4.98 Å². The molecule has 0 radical (unpaired) electrons. The summed E-state index contributed by atoms with van der Waals surface area (Å²) in [4.78, 5) is 18.9. The summed E-state index contributed by atoms with van der Waals surface area (Å²) in [7, 11) is 0. The highest BCUT2D eigenvalue weighted by Crippen LogP contribution is 2.30. The molecule has 1 aliphatic rings. The number of hydrogen-bond donors (Lipinski definition) is 0. The second kappa shape index (κ2) is 7.09. The summed E-state index contributed by atoms with van der Waals surface area (Å²) >= 11 is 0. The maximum absolute atomic E-state index is 12.7. The molecule has 0 saturated carbocycles. The van der Waals surface area contributed by atoms with E-state index >= 15 is 0 Å². The minimum atomic E-state index is -0.534. The van der Waals surface area contributed by atoms with E-state index in [1.165, 1.54) is 0 Å². The first-order valence-corrected chi connectivity index (χ1v) is 8.64. The van der Waals surface area contributed by atoms with E-state index in [-0.39, 0.29) is 11.7 Å². The average molecular weight is 334 g/mol. The molecule has 134 valence electrons. The lowest BCUT2D eigenvalue weighted by molar-refractivity contribution is -0.0710. The van der Waals surface area contributed by atoms with Gasteiger partial charge < -0.3 is 9.47 Å². The van der Waals surface area contributed by atoms with Crippen LogP contribution >= 0.6 is 0 Å². The van der Waals surface area contributed by atoms with Crippen molar-refractivity contribution in [3.05, 3.63) is 23.9 Å². The van der Waals surface area contributed by atoms with Crippen LogP contribution in [-0.2, 0) is 9.47 Å². The molecule has 5 heteroatoms. The SMILES string of the molecule is Cc1cccc(N(CC2CCOC(C)(C)C2)C(=O)OC(C)(C)C)n1. The molecule has 0 aromatic carbocycles. The van der Waals surface area contributed by atoms with Crippen LogP contribution in [0.5, 0.6) is 0 Å². The molecule has 1 fully saturated rings. The Balaban J connectivity index is 2.21. The fraction of sp³-hybridized carbons (Fsp3) is 0.684. The predicted octanol–water partition coefficient (Wildman–Crippen LogP) is 4.34. The van der Waals surface area contributed by atoms with Crippen molar-refractivity contribution in [2.75, 3.05) is 18.1 Å². The Morgan fingerprint density at radius 3 is 2.71 bits per heavy atom. The number of ether oxygens (including phenoxy) is 2. The first-order valence-electron chi connectivity index (χ1n) is 8.64. The van der Waals surface area contributed by atoms with Crippen molar-refractivity contribution in [3.63, 3.8) is 0 Å². The van der Waals surface area contributed by atoms with Crippen molar-refractivity contribution in [1.29, 1.82) is 0 Å². The molecule has 1 atom stereocenters. The number of anilines is 1. The molecule has 2 rings (SSSR count). The molecule has 1 saturated heterocycles. The Bertz CT molecular complexity index is 578. The molecule has 1 aliphatic heterocycles. The van der Waals surface area contributed by atoms with Gasteiger partial charge >= 0.3 is 6.09 Å². The van der Waals surface area contributed by atoms with E-state index in [1.807, 2.05) is 45.9 Å². The average Bonchev–Trinajstić information content (AvgIpc) is 2.41. The third-order valence-electron chi connectivity index (χ3n) is 4.00. The first kappa shape index (κ1) is 18.7. The highest BCUT2D eigenvalue weighted by atomic mass is 16.6. The second-order valence-electron chi connectivity index (χ2n) is 8.20. The summed E-state index contributed by atoms with van der Waals surface area (Å²) < 4.78 is 11.4. The van der Waals surface area contributed by atoms with Crippen LogP contribution in [-0.4, -0.2) is 35.4 Å². The lowest BCUT2D eigenvalue weighted by atomic mass is 9.88. The van der Waals surface area contributed by atoms with Gasteiger partial charge in [0, 0.05) is 18.8 Å². The third-order valence-corrected chi connectivity index (χ3v) is 4.00. The fourth-order valence-corrected chi connectivity index (χ4v) is 3.03. The first-order chi connectivity index (χ1) is 11.1. The van der Waals surface area contributed by atoms with E-state index < -0.39 is 5.60 Å². The van der Waals surface area contributed by atoms with Crippen molar-refractivity contribution < 1.29 is 14.3 Å². The summed E-state index contributed by atoms with van der Waals surface area (Å²) in [6, 6.07) is 5.71. The normalized spacial score (nSPS) is 20.5. The maximum atomic E-state index is 12.7. The van der Waals surface area contributed by atoms with Crippen LogP contribution < -0.4 is 4.90 Å². The van der Waals surface area contributed by atoms with E-state index in [1.54, 1.807) is 4.90 Å². The van der Waals surface area contributed by atoms with Crippen LogP contribution in [0.1, 0.15) is 53.2 Å². The lowest BCUT2D eigenvalue weighted by Gasteiger charge is -2.37. The Morgan fingerprint density at radius 2 is 2.12 bits per heavy atom. The zero-order chi connectivity index (χ0) is 18.0. The molecule has 5 nitrogen and oxygen atoms in total. The second-order valence-corrected chi connectivity index (χ2v) is 8.20. The number of rotatable bonds is 3. The summed E-state index contributed by atoms with van der Waals surface area (Å²) in [6.07, 6.45) is 1.51. The quantitative estimate of drug-likeness (QED) is 0.825. The largest absolute Gasteiger partial charge is 0.443 e.